The van der Waals surface area contributed by atoms with Crippen molar-refractivity contribution >= 4 is 23.8 Å². The summed E-state index contributed by atoms with van der Waals surface area (Å²) in [7, 11) is 3.75. The fourth-order valence-corrected chi connectivity index (χ4v) is 2.01. The maximum Gasteiger partial charge on any atom is 0.214 e. The fraction of sp³-hybridized carbons (Fsp3) is 0.692. The summed E-state index contributed by atoms with van der Waals surface area (Å²) in [5, 5.41) is 18.7. The molecule has 0 aromatic heterocycles. The van der Waals surface area contributed by atoms with Crippen LogP contribution in [0.1, 0.15) is 19.8 Å². The first-order valence-corrected chi connectivity index (χ1v) is 7.30. The van der Waals surface area contributed by atoms with Crippen molar-refractivity contribution < 1.29 is 0 Å². The molecule has 0 amide bonds. The van der Waals surface area contributed by atoms with E-state index in [-0.39, 0.29) is 0 Å². The number of hydrogen-bond donors (Lipinski definition) is 2. The summed E-state index contributed by atoms with van der Waals surface area (Å²) >= 11 is 0. The molecule has 21 heavy (non-hydrogen) atoms. The highest BCUT2D eigenvalue weighted by molar-refractivity contribution is 6.29. The molecular weight excluding hydrogens is 268 g/mol. The maximum absolute atomic E-state index is 4.44. The van der Waals surface area contributed by atoms with E-state index in [1.807, 2.05) is 21.0 Å². The fourth-order valence-electron chi connectivity index (χ4n) is 2.01. The van der Waals surface area contributed by atoms with Crippen LogP contribution in [-0.2, 0) is 0 Å². The molecule has 116 valence electrons. The molecule has 0 aromatic rings. The number of hydrogen-bond acceptors (Lipinski definition) is 8. The Labute approximate surface area is 125 Å². The molecule has 2 aliphatic heterocycles. The second kappa shape index (κ2) is 7.61. The molecule has 0 bridgehead atoms. The second-order valence-electron chi connectivity index (χ2n) is 5.00. The van der Waals surface area contributed by atoms with Crippen molar-refractivity contribution in [3.63, 3.8) is 0 Å². The van der Waals surface area contributed by atoms with Crippen LogP contribution in [0.5, 0.6) is 0 Å². The Bertz CT molecular complexity index is 465. The van der Waals surface area contributed by atoms with E-state index in [0.717, 1.165) is 56.7 Å². The zero-order valence-electron chi connectivity index (χ0n) is 13.0. The van der Waals surface area contributed by atoms with E-state index >= 15 is 0 Å². The van der Waals surface area contributed by atoms with E-state index in [1.165, 1.54) is 0 Å². The van der Waals surface area contributed by atoms with E-state index < -0.39 is 0 Å². The normalized spacial score (nSPS) is 19.5. The van der Waals surface area contributed by atoms with Crippen LogP contribution in [0.2, 0.25) is 0 Å². The van der Waals surface area contributed by atoms with Gasteiger partial charge < -0.3 is 10.6 Å². The highest BCUT2D eigenvalue weighted by Gasteiger charge is 2.09. The van der Waals surface area contributed by atoms with Gasteiger partial charge in [0.25, 0.3) is 0 Å². The number of nitrogens with zero attached hydrogens (tertiary/aromatic N) is 6. The molecule has 0 atom stereocenters. The lowest BCUT2D eigenvalue weighted by molar-refractivity contribution is 0.497. The summed E-state index contributed by atoms with van der Waals surface area (Å²) in [4.78, 5) is 8.77. The molecule has 2 rings (SSSR count). The smallest absolute Gasteiger partial charge is 0.214 e. The number of nitrogens with one attached hydrogen (secondary N) is 2. The van der Waals surface area contributed by atoms with Crippen LogP contribution in [0.4, 0.5) is 0 Å². The molecule has 2 N–H and O–H groups in total. The number of aliphatic imine (C=N–C) groups is 2. The molecule has 2 aliphatic rings. The zero-order valence-corrected chi connectivity index (χ0v) is 13.0. The lowest BCUT2D eigenvalue weighted by Crippen LogP contribution is -2.40. The van der Waals surface area contributed by atoms with E-state index in [2.05, 4.69) is 30.8 Å². The largest absolute Gasteiger partial charge is 0.355 e. The average molecular weight is 292 g/mol. The standard InChI is InChI=1S/C13H24N8/c1-11(19-21(3)13-16-8-5-9-17-13)10-18-20(2)12-14-6-4-7-15-12/h10H,4-9H2,1-3H3,(H,14,15)(H,16,17)/b18-10-,19-11+. The average Bonchev–Trinajstić information content (AvgIpc) is 2.54. The third kappa shape index (κ3) is 4.73. The minimum absolute atomic E-state index is 0.802. The first kappa shape index (κ1) is 15.3. The Hall–Kier alpha value is -2.12. The highest BCUT2D eigenvalue weighted by atomic mass is 15.5. The molecule has 8 nitrogen and oxygen atoms in total. The van der Waals surface area contributed by atoms with Gasteiger partial charge in [-0.1, -0.05) is 0 Å². The minimum Gasteiger partial charge on any atom is -0.355 e. The molecular formula is C13H24N8. The number of rotatable bonds is 3. The van der Waals surface area contributed by atoms with Gasteiger partial charge in [0.1, 0.15) is 0 Å². The molecule has 0 aliphatic carbocycles. The molecule has 0 radical (unpaired) electrons. The molecule has 8 heteroatoms. The van der Waals surface area contributed by atoms with Gasteiger partial charge in [-0.25, -0.2) is 10.0 Å². The maximum atomic E-state index is 4.44. The number of hydrazone groups is 2. The van der Waals surface area contributed by atoms with Gasteiger partial charge in [-0.15, -0.1) is 0 Å². The van der Waals surface area contributed by atoms with Gasteiger partial charge in [-0.3, -0.25) is 9.98 Å². The molecule has 0 saturated heterocycles. The van der Waals surface area contributed by atoms with Crippen molar-refractivity contribution in [3.8, 4) is 0 Å². The van der Waals surface area contributed by atoms with Gasteiger partial charge in [-0.2, -0.15) is 10.2 Å². The summed E-state index contributed by atoms with van der Waals surface area (Å²) in [6.45, 7) is 5.50. The van der Waals surface area contributed by atoms with Crippen LogP contribution in [0.3, 0.4) is 0 Å². The van der Waals surface area contributed by atoms with E-state index in [9.17, 15) is 0 Å². The Balaban J connectivity index is 1.91. The van der Waals surface area contributed by atoms with E-state index in [1.54, 1.807) is 16.2 Å². The van der Waals surface area contributed by atoms with Crippen molar-refractivity contribution in [1.82, 2.24) is 20.7 Å². The van der Waals surface area contributed by atoms with Crippen molar-refractivity contribution in [2.75, 3.05) is 40.3 Å². The van der Waals surface area contributed by atoms with Crippen molar-refractivity contribution in [2.24, 2.45) is 20.2 Å². The molecule has 0 spiro atoms. The van der Waals surface area contributed by atoms with E-state index in [4.69, 9.17) is 0 Å². The van der Waals surface area contributed by atoms with Crippen LogP contribution in [0, 0.1) is 0 Å². The van der Waals surface area contributed by atoms with E-state index in [0.29, 0.717) is 0 Å². The van der Waals surface area contributed by atoms with Crippen LogP contribution >= 0.6 is 0 Å². The molecule has 0 unspecified atom stereocenters. The monoisotopic (exact) mass is 292 g/mol. The summed E-state index contributed by atoms with van der Waals surface area (Å²) in [5.74, 6) is 1.61. The van der Waals surface area contributed by atoms with Gasteiger partial charge in [0, 0.05) is 40.3 Å². The SMILES string of the molecule is CC(/C=N\N(C)C1=NCCCN1)=N\N(C)C1=NCCCN1. The van der Waals surface area contributed by atoms with Gasteiger partial charge in [0.05, 0.1) is 11.9 Å². The van der Waals surface area contributed by atoms with Crippen LogP contribution in [0.25, 0.3) is 0 Å². The third-order valence-corrected chi connectivity index (χ3v) is 3.10. The Morgan fingerprint density at radius 1 is 1.05 bits per heavy atom. The highest BCUT2D eigenvalue weighted by Crippen LogP contribution is 1.96. The van der Waals surface area contributed by atoms with Crippen molar-refractivity contribution in [3.05, 3.63) is 0 Å². The van der Waals surface area contributed by atoms with Crippen LogP contribution in [0.15, 0.2) is 20.2 Å². The minimum atomic E-state index is 0.802. The zero-order chi connectivity index (χ0) is 15.1. The Kier molecular flexibility index (Phi) is 5.53. The lowest BCUT2D eigenvalue weighted by Gasteiger charge is -2.21. The quantitative estimate of drug-likeness (QED) is 0.563. The Morgan fingerprint density at radius 3 is 2.14 bits per heavy atom. The van der Waals surface area contributed by atoms with Crippen molar-refractivity contribution in [2.45, 2.75) is 19.8 Å². The molecule has 0 saturated carbocycles. The summed E-state index contributed by atoms with van der Waals surface area (Å²) in [6, 6.07) is 0. The predicted octanol–water partition coefficient (Wildman–Crippen LogP) is -0.0897. The lowest BCUT2D eigenvalue weighted by atomic mass is 10.4. The predicted molar refractivity (Wildman–Crippen MR) is 87.0 cm³/mol. The second-order valence-corrected chi connectivity index (χ2v) is 5.00. The molecule has 0 fully saturated rings. The summed E-state index contributed by atoms with van der Waals surface area (Å²) in [5.41, 5.74) is 0.802. The summed E-state index contributed by atoms with van der Waals surface area (Å²) < 4.78 is 0. The first-order valence-electron chi connectivity index (χ1n) is 7.30. The summed E-state index contributed by atoms with van der Waals surface area (Å²) in [6.07, 6.45) is 3.86. The third-order valence-electron chi connectivity index (χ3n) is 3.10. The van der Waals surface area contributed by atoms with Crippen LogP contribution in [-0.4, -0.2) is 74.1 Å². The number of guanidine groups is 2. The van der Waals surface area contributed by atoms with Crippen LogP contribution < -0.4 is 10.6 Å². The molecule has 2 heterocycles. The van der Waals surface area contributed by atoms with Gasteiger partial charge >= 0.3 is 0 Å². The molecule has 0 aromatic carbocycles. The first-order chi connectivity index (χ1) is 10.2. The van der Waals surface area contributed by atoms with Gasteiger partial charge in [-0.05, 0) is 19.8 Å². The van der Waals surface area contributed by atoms with Gasteiger partial charge in [0.2, 0.25) is 11.9 Å². The Morgan fingerprint density at radius 2 is 1.62 bits per heavy atom. The van der Waals surface area contributed by atoms with Crippen molar-refractivity contribution in [1.29, 1.82) is 0 Å². The topological polar surface area (TPSA) is 80.0 Å². The van der Waals surface area contributed by atoms with Gasteiger partial charge in [0.15, 0.2) is 0 Å².